The molecule has 0 aliphatic heterocycles. The second-order valence-corrected chi connectivity index (χ2v) is 8.20. The first-order valence-corrected chi connectivity index (χ1v) is 9.09. The van der Waals surface area contributed by atoms with E-state index in [9.17, 15) is 21.6 Å². The molecule has 0 aliphatic carbocycles. The lowest BCUT2D eigenvalue weighted by Crippen LogP contribution is -2.32. The Labute approximate surface area is 115 Å². The summed E-state index contributed by atoms with van der Waals surface area (Å²) < 4.78 is 48.0. The smallest absolute Gasteiger partial charge is 0.358 e. The van der Waals surface area contributed by atoms with Crippen LogP contribution in [0.5, 0.6) is 0 Å². The summed E-state index contributed by atoms with van der Waals surface area (Å²) in [6.07, 6.45) is 2.11. The SMILES string of the molecule is CS(=O)(=O)CCS(=O)(=O)NCCn1cc(C(=O)O)nn1. The van der Waals surface area contributed by atoms with Crippen molar-refractivity contribution < 1.29 is 26.7 Å². The maximum atomic E-state index is 11.5. The maximum absolute atomic E-state index is 11.5. The minimum absolute atomic E-state index is 0.0471. The fraction of sp³-hybridized carbons (Fsp3) is 0.625. The highest BCUT2D eigenvalue weighted by Crippen LogP contribution is 1.93. The van der Waals surface area contributed by atoms with Crippen LogP contribution in [0.15, 0.2) is 6.20 Å². The molecule has 0 radical (unpaired) electrons. The molecule has 0 aromatic carbocycles. The third-order valence-corrected chi connectivity index (χ3v) is 4.73. The van der Waals surface area contributed by atoms with E-state index >= 15 is 0 Å². The van der Waals surface area contributed by atoms with E-state index in [0.29, 0.717) is 0 Å². The molecule has 2 N–H and O–H groups in total. The number of nitrogens with one attached hydrogen (secondary N) is 1. The zero-order valence-electron chi connectivity index (χ0n) is 10.6. The van der Waals surface area contributed by atoms with Crippen molar-refractivity contribution in [2.75, 3.05) is 24.3 Å². The van der Waals surface area contributed by atoms with Gasteiger partial charge in [0.1, 0.15) is 9.84 Å². The van der Waals surface area contributed by atoms with Crippen molar-refractivity contribution in [2.24, 2.45) is 0 Å². The van der Waals surface area contributed by atoms with Crippen LogP contribution in [0.1, 0.15) is 10.5 Å². The average Bonchev–Trinajstić information content (AvgIpc) is 2.74. The second kappa shape index (κ2) is 6.28. The number of carbonyl (C=O) groups is 1. The van der Waals surface area contributed by atoms with Crippen LogP contribution < -0.4 is 4.72 Å². The molecule has 1 aromatic heterocycles. The first-order chi connectivity index (χ1) is 9.09. The quantitative estimate of drug-likeness (QED) is 0.554. The van der Waals surface area contributed by atoms with E-state index in [1.807, 2.05) is 0 Å². The van der Waals surface area contributed by atoms with E-state index in [1.165, 1.54) is 4.68 Å². The molecule has 0 atom stereocenters. The molecule has 1 rings (SSSR count). The highest BCUT2D eigenvalue weighted by atomic mass is 32.2. The van der Waals surface area contributed by atoms with Crippen LogP contribution in [0, 0.1) is 0 Å². The van der Waals surface area contributed by atoms with E-state index in [2.05, 4.69) is 15.0 Å². The van der Waals surface area contributed by atoms with Gasteiger partial charge in [-0.25, -0.2) is 26.4 Å². The predicted molar refractivity (Wildman–Crippen MR) is 68.5 cm³/mol. The maximum Gasteiger partial charge on any atom is 0.358 e. The van der Waals surface area contributed by atoms with Crippen LogP contribution in [0.2, 0.25) is 0 Å². The van der Waals surface area contributed by atoms with Crippen LogP contribution in [0.4, 0.5) is 0 Å². The summed E-state index contributed by atoms with van der Waals surface area (Å²) in [5.41, 5.74) is -0.245. The molecule has 0 unspecified atom stereocenters. The number of rotatable bonds is 8. The molecular weight excluding hydrogens is 312 g/mol. The number of nitrogens with zero attached hydrogens (tertiary/aromatic N) is 3. The summed E-state index contributed by atoms with van der Waals surface area (Å²) in [5, 5.41) is 15.5. The van der Waals surface area contributed by atoms with Crippen molar-refractivity contribution in [1.82, 2.24) is 19.7 Å². The van der Waals surface area contributed by atoms with Crippen LogP contribution in [0.25, 0.3) is 0 Å². The van der Waals surface area contributed by atoms with Gasteiger partial charge >= 0.3 is 5.97 Å². The van der Waals surface area contributed by atoms with E-state index in [-0.39, 0.29) is 18.8 Å². The molecule has 0 saturated heterocycles. The molecule has 0 aliphatic rings. The van der Waals surface area contributed by atoms with Gasteiger partial charge in [-0.05, 0) is 0 Å². The van der Waals surface area contributed by atoms with Gasteiger partial charge in [0, 0.05) is 12.8 Å². The van der Waals surface area contributed by atoms with E-state index in [1.54, 1.807) is 0 Å². The van der Waals surface area contributed by atoms with Crippen molar-refractivity contribution >= 4 is 25.8 Å². The molecule has 1 heterocycles. The molecule has 12 heteroatoms. The number of carboxylic acid groups (broad SMARTS) is 1. The number of aromatic carboxylic acids is 1. The molecule has 0 spiro atoms. The highest BCUT2D eigenvalue weighted by Gasteiger charge is 2.14. The Balaban J connectivity index is 2.44. The van der Waals surface area contributed by atoms with E-state index < -0.39 is 37.3 Å². The molecule has 0 amide bonds. The third kappa shape index (κ3) is 6.08. The lowest BCUT2D eigenvalue weighted by molar-refractivity contribution is 0.0690. The van der Waals surface area contributed by atoms with E-state index in [4.69, 9.17) is 5.11 Å². The Kier molecular flexibility index (Phi) is 5.19. The summed E-state index contributed by atoms with van der Waals surface area (Å²) in [4.78, 5) is 10.5. The van der Waals surface area contributed by atoms with Crippen LogP contribution in [-0.4, -0.2) is 67.2 Å². The Hall–Kier alpha value is -1.53. The molecular formula is C8H14N4O6S2. The predicted octanol–water partition coefficient (Wildman–Crippen LogP) is -2.06. The van der Waals surface area contributed by atoms with Gasteiger partial charge in [-0.3, -0.25) is 4.68 Å². The summed E-state index contributed by atoms with van der Waals surface area (Å²) in [7, 11) is -7.05. The first-order valence-electron chi connectivity index (χ1n) is 5.37. The normalized spacial score (nSPS) is 12.4. The summed E-state index contributed by atoms with van der Waals surface area (Å²) in [5.74, 6) is -2.22. The van der Waals surface area contributed by atoms with E-state index in [0.717, 1.165) is 12.5 Å². The lowest BCUT2D eigenvalue weighted by Gasteiger charge is -2.05. The first kappa shape index (κ1) is 16.5. The Morgan fingerprint density at radius 2 is 2.00 bits per heavy atom. The molecule has 114 valence electrons. The van der Waals surface area contributed by atoms with Crippen LogP contribution in [-0.2, 0) is 26.4 Å². The highest BCUT2D eigenvalue weighted by molar-refractivity contribution is 7.93. The fourth-order valence-electron chi connectivity index (χ4n) is 1.15. The topological polar surface area (TPSA) is 148 Å². The van der Waals surface area contributed by atoms with Gasteiger partial charge in [0.15, 0.2) is 5.69 Å². The van der Waals surface area contributed by atoms with Crippen molar-refractivity contribution in [2.45, 2.75) is 6.54 Å². The Morgan fingerprint density at radius 3 is 2.50 bits per heavy atom. The number of hydrogen-bond donors (Lipinski definition) is 2. The summed E-state index contributed by atoms with van der Waals surface area (Å²) >= 11 is 0. The average molecular weight is 326 g/mol. The van der Waals surface area contributed by atoms with Crippen molar-refractivity contribution in [3.8, 4) is 0 Å². The minimum atomic E-state index is -3.70. The second-order valence-electron chi connectivity index (χ2n) is 4.02. The van der Waals surface area contributed by atoms with Gasteiger partial charge in [0.2, 0.25) is 10.0 Å². The number of sulfone groups is 1. The van der Waals surface area contributed by atoms with Gasteiger partial charge < -0.3 is 5.11 Å². The fourth-order valence-corrected chi connectivity index (χ4v) is 3.79. The van der Waals surface area contributed by atoms with Gasteiger partial charge in [-0.1, -0.05) is 5.21 Å². The number of aromatic nitrogens is 3. The third-order valence-electron chi connectivity index (χ3n) is 2.14. The molecule has 20 heavy (non-hydrogen) atoms. The number of carboxylic acids is 1. The number of sulfonamides is 1. The Bertz CT molecular complexity index is 678. The molecule has 0 bridgehead atoms. The standard InChI is InChI=1S/C8H14N4O6S2/c1-19(15,16)4-5-20(17,18)9-2-3-12-6-7(8(13)14)10-11-12/h6,9H,2-5H2,1H3,(H,13,14). The molecule has 0 fully saturated rings. The van der Waals surface area contributed by atoms with Crippen LogP contribution >= 0.6 is 0 Å². The molecule has 0 saturated carbocycles. The van der Waals surface area contributed by atoms with Crippen molar-refractivity contribution in [3.63, 3.8) is 0 Å². The van der Waals surface area contributed by atoms with Crippen molar-refractivity contribution in [1.29, 1.82) is 0 Å². The Morgan fingerprint density at radius 1 is 1.35 bits per heavy atom. The molecule has 10 nitrogen and oxygen atoms in total. The van der Waals surface area contributed by atoms with Crippen molar-refractivity contribution in [3.05, 3.63) is 11.9 Å². The molecule has 1 aromatic rings. The van der Waals surface area contributed by atoms with Gasteiger partial charge in [0.05, 0.1) is 24.2 Å². The minimum Gasteiger partial charge on any atom is -0.476 e. The van der Waals surface area contributed by atoms with Gasteiger partial charge in [-0.15, -0.1) is 5.10 Å². The zero-order valence-corrected chi connectivity index (χ0v) is 12.2. The van der Waals surface area contributed by atoms with Gasteiger partial charge in [0.25, 0.3) is 0 Å². The monoisotopic (exact) mass is 326 g/mol. The number of hydrogen-bond acceptors (Lipinski definition) is 7. The van der Waals surface area contributed by atoms with Crippen LogP contribution in [0.3, 0.4) is 0 Å². The largest absolute Gasteiger partial charge is 0.476 e. The summed E-state index contributed by atoms with van der Waals surface area (Å²) in [6, 6.07) is 0. The van der Waals surface area contributed by atoms with Gasteiger partial charge in [-0.2, -0.15) is 0 Å². The summed E-state index contributed by atoms with van der Waals surface area (Å²) in [6.45, 7) is 0.0346. The lowest BCUT2D eigenvalue weighted by atomic mass is 10.5. The zero-order chi connectivity index (χ0) is 15.4.